The number of aryl methyl sites for hydroxylation is 1. The maximum absolute atomic E-state index is 11.3. The van der Waals surface area contributed by atoms with Crippen LogP contribution in [0.5, 0.6) is 0 Å². The van der Waals surface area contributed by atoms with Crippen LogP contribution in [0.2, 0.25) is 0 Å². The Morgan fingerprint density at radius 3 is 2.56 bits per heavy atom. The van der Waals surface area contributed by atoms with Crippen molar-refractivity contribution in [3.63, 3.8) is 0 Å². The van der Waals surface area contributed by atoms with Gasteiger partial charge in [-0.15, -0.1) is 12.4 Å². The molecule has 1 heterocycles. The van der Waals surface area contributed by atoms with Gasteiger partial charge < -0.3 is 10.7 Å². The lowest BCUT2D eigenvalue weighted by Gasteiger charge is -2.32. The second-order valence-electron chi connectivity index (χ2n) is 4.45. The van der Waals surface area contributed by atoms with Crippen LogP contribution in [0.15, 0.2) is 10.9 Å². The van der Waals surface area contributed by atoms with E-state index in [4.69, 9.17) is 5.73 Å². The molecule has 0 aromatic carbocycles. The van der Waals surface area contributed by atoms with Gasteiger partial charge in [-0.3, -0.25) is 4.79 Å². The highest BCUT2D eigenvalue weighted by Gasteiger charge is 2.31. The van der Waals surface area contributed by atoms with Crippen molar-refractivity contribution in [2.45, 2.75) is 44.6 Å². The number of nitrogens with one attached hydrogen (secondary N) is 1. The Morgan fingerprint density at radius 2 is 2.00 bits per heavy atom. The summed E-state index contributed by atoms with van der Waals surface area (Å²) in [6.45, 7) is 1.82. The van der Waals surface area contributed by atoms with E-state index in [1.807, 2.05) is 6.92 Å². The van der Waals surface area contributed by atoms with Crippen molar-refractivity contribution in [3.05, 3.63) is 27.9 Å². The first-order valence-electron chi connectivity index (χ1n) is 5.47. The lowest BCUT2D eigenvalue weighted by Crippen LogP contribution is -2.41. The van der Waals surface area contributed by atoms with Gasteiger partial charge in [0.1, 0.15) is 5.82 Å². The van der Waals surface area contributed by atoms with Crippen molar-refractivity contribution in [1.29, 1.82) is 0 Å². The summed E-state index contributed by atoms with van der Waals surface area (Å²) >= 11 is 0. The zero-order chi connectivity index (χ0) is 10.9. The van der Waals surface area contributed by atoms with Gasteiger partial charge in [0.2, 0.25) is 0 Å². The summed E-state index contributed by atoms with van der Waals surface area (Å²) in [5.74, 6) is 0.659. The zero-order valence-electron chi connectivity index (χ0n) is 9.45. The van der Waals surface area contributed by atoms with E-state index in [0.717, 1.165) is 31.4 Å². The molecule has 2 rings (SSSR count). The predicted molar refractivity (Wildman–Crippen MR) is 65.8 cm³/mol. The van der Waals surface area contributed by atoms with Crippen molar-refractivity contribution in [3.8, 4) is 0 Å². The number of H-pyrrole nitrogens is 1. The molecule has 5 heteroatoms. The fourth-order valence-corrected chi connectivity index (χ4v) is 2.23. The van der Waals surface area contributed by atoms with Crippen LogP contribution in [0.3, 0.4) is 0 Å². The molecule has 1 aromatic heterocycles. The zero-order valence-corrected chi connectivity index (χ0v) is 10.3. The van der Waals surface area contributed by atoms with Crippen molar-refractivity contribution in [1.82, 2.24) is 9.97 Å². The maximum Gasteiger partial charge on any atom is 0.251 e. The molecular weight excluding hydrogens is 226 g/mol. The molecule has 0 atom stereocenters. The van der Waals surface area contributed by atoms with Crippen molar-refractivity contribution >= 4 is 12.4 Å². The minimum absolute atomic E-state index is 0. The van der Waals surface area contributed by atoms with Gasteiger partial charge >= 0.3 is 0 Å². The average molecular weight is 244 g/mol. The van der Waals surface area contributed by atoms with Crippen LogP contribution in [-0.4, -0.2) is 9.97 Å². The van der Waals surface area contributed by atoms with E-state index >= 15 is 0 Å². The van der Waals surface area contributed by atoms with Crippen LogP contribution in [-0.2, 0) is 5.54 Å². The van der Waals surface area contributed by atoms with E-state index in [1.54, 1.807) is 0 Å². The number of aromatic amines is 1. The fourth-order valence-electron chi connectivity index (χ4n) is 2.23. The minimum Gasteiger partial charge on any atom is -0.319 e. The van der Waals surface area contributed by atoms with Crippen LogP contribution >= 0.6 is 12.4 Å². The minimum atomic E-state index is -0.413. The smallest absolute Gasteiger partial charge is 0.251 e. The third-order valence-electron chi connectivity index (χ3n) is 3.09. The number of aromatic nitrogens is 2. The molecule has 0 spiro atoms. The summed E-state index contributed by atoms with van der Waals surface area (Å²) in [5.41, 5.74) is 6.51. The van der Waals surface area contributed by atoms with E-state index < -0.39 is 5.54 Å². The topological polar surface area (TPSA) is 71.8 Å². The second-order valence-corrected chi connectivity index (χ2v) is 4.45. The number of nitrogens with zero attached hydrogens (tertiary/aromatic N) is 1. The largest absolute Gasteiger partial charge is 0.319 e. The van der Waals surface area contributed by atoms with Crippen LogP contribution in [0.1, 0.15) is 43.6 Å². The lowest BCUT2D eigenvalue weighted by molar-refractivity contribution is 0.286. The van der Waals surface area contributed by atoms with Crippen LogP contribution in [0.25, 0.3) is 0 Å². The van der Waals surface area contributed by atoms with Gasteiger partial charge in [0.05, 0.1) is 5.54 Å². The fraction of sp³-hybridized carbons (Fsp3) is 0.636. The summed E-state index contributed by atoms with van der Waals surface area (Å²) in [5, 5.41) is 0. The average Bonchev–Trinajstić information content (AvgIpc) is 2.17. The van der Waals surface area contributed by atoms with Crippen LogP contribution < -0.4 is 11.3 Å². The SMILES string of the molecule is Cc1cc(=O)[nH]c(C2(N)CCCCC2)n1.Cl. The standard InChI is InChI=1S/C11H17N3O.ClH/c1-8-7-9(15)14-10(13-8)11(12)5-3-2-4-6-11;/h7H,2-6,12H2,1H3,(H,13,14,15);1H. The molecule has 1 saturated carbocycles. The lowest BCUT2D eigenvalue weighted by atomic mass is 9.82. The Morgan fingerprint density at radius 1 is 1.38 bits per heavy atom. The first-order valence-corrected chi connectivity index (χ1v) is 5.47. The molecule has 0 saturated heterocycles. The Bertz CT molecular complexity index is 410. The van der Waals surface area contributed by atoms with Gasteiger partial charge in [-0.1, -0.05) is 19.3 Å². The number of nitrogens with two attached hydrogens (primary N) is 1. The molecule has 0 bridgehead atoms. The van der Waals surface area contributed by atoms with Gasteiger partial charge in [-0.05, 0) is 19.8 Å². The molecule has 90 valence electrons. The molecule has 0 aliphatic heterocycles. The predicted octanol–water partition coefficient (Wildman–Crippen LogP) is 1.62. The first kappa shape index (κ1) is 13.2. The van der Waals surface area contributed by atoms with Crippen molar-refractivity contribution < 1.29 is 0 Å². The molecule has 3 N–H and O–H groups in total. The molecular formula is C11H18ClN3O. The Balaban J connectivity index is 0.00000128. The van der Waals surface area contributed by atoms with E-state index in [1.165, 1.54) is 12.5 Å². The highest BCUT2D eigenvalue weighted by molar-refractivity contribution is 5.85. The molecule has 1 aromatic rings. The Labute approximate surface area is 101 Å². The number of rotatable bonds is 1. The summed E-state index contributed by atoms with van der Waals surface area (Å²) in [6, 6.07) is 1.50. The van der Waals surface area contributed by atoms with Crippen molar-refractivity contribution in [2.75, 3.05) is 0 Å². The molecule has 4 nitrogen and oxygen atoms in total. The number of hydrogen-bond donors (Lipinski definition) is 2. The normalized spacial score (nSPS) is 18.9. The summed E-state index contributed by atoms with van der Waals surface area (Å²) in [7, 11) is 0. The van der Waals surface area contributed by atoms with Crippen molar-refractivity contribution in [2.24, 2.45) is 5.73 Å². The Hall–Kier alpha value is -0.870. The molecule has 1 aliphatic carbocycles. The Kier molecular flexibility index (Phi) is 4.10. The summed E-state index contributed by atoms with van der Waals surface area (Å²) in [6.07, 6.45) is 5.30. The molecule has 0 amide bonds. The molecule has 0 unspecified atom stereocenters. The highest BCUT2D eigenvalue weighted by Crippen LogP contribution is 2.32. The van der Waals surface area contributed by atoms with Gasteiger partial charge in [0, 0.05) is 11.8 Å². The molecule has 1 fully saturated rings. The number of halogens is 1. The van der Waals surface area contributed by atoms with Gasteiger partial charge in [-0.2, -0.15) is 0 Å². The van der Waals surface area contributed by atoms with Gasteiger partial charge in [0.15, 0.2) is 0 Å². The molecule has 16 heavy (non-hydrogen) atoms. The quantitative estimate of drug-likeness (QED) is 0.787. The summed E-state index contributed by atoms with van der Waals surface area (Å²) in [4.78, 5) is 18.5. The van der Waals surface area contributed by atoms with E-state index in [-0.39, 0.29) is 18.0 Å². The van der Waals surface area contributed by atoms with E-state index in [9.17, 15) is 4.79 Å². The van der Waals surface area contributed by atoms with Gasteiger partial charge in [0.25, 0.3) is 5.56 Å². The van der Waals surface area contributed by atoms with E-state index in [2.05, 4.69) is 9.97 Å². The van der Waals surface area contributed by atoms with E-state index in [0.29, 0.717) is 5.82 Å². The first-order chi connectivity index (χ1) is 7.10. The van der Waals surface area contributed by atoms with Gasteiger partial charge in [-0.25, -0.2) is 4.98 Å². The summed E-state index contributed by atoms with van der Waals surface area (Å²) < 4.78 is 0. The molecule has 1 aliphatic rings. The number of hydrogen-bond acceptors (Lipinski definition) is 3. The third-order valence-corrected chi connectivity index (χ3v) is 3.09. The monoisotopic (exact) mass is 243 g/mol. The third kappa shape index (κ3) is 2.62. The molecule has 0 radical (unpaired) electrons. The maximum atomic E-state index is 11.3. The highest BCUT2D eigenvalue weighted by atomic mass is 35.5. The van der Waals surface area contributed by atoms with Crippen LogP contribution in [0.4, 0.5) is 0 Å². The second kappa shape index (κ2) is 4.97. The van der Waals surface area contributed by atoms with Crippen LogP contribution in [0, 0.1) is 6.92 Å².